The van der Waals surface area contributed by atoms with Crippen molar-refractivity contribution in [1.82, 2.24) is 0 Å². The third-order valence-corrected chi connectivity index (χ3v) is 2.06. The molecule has 1 fully saturated rings. The van der Waals surface area contributed by atoms with Crippen molar-refractivity contribution in [3.63, 3.8) is 0 Å². The van der Waals surface area contributed by atoms with Gasteiger partial charge in [0.25, 0.3) is 0 Å². The van der Waals surface area contributed by atoms with Gasteiger partial charge in [0, 0.05) is 0 Å². The second kappa shape index (κ2) is 6.13. The summed E-state index contributed by atoms with van der Waals surface area (Å²) in [5.41, 5.74) is 0. The molecule has 1 rings (SSSR count). The number of unbranched alkanes of at least 4 members (excludes halogenated alkanes) is 1. The lowest BCUT2D eigenvalue weighted by atomic mass is 10.2. The molecule has 0 radical (unpaired) electrons. The Kier molecular flexibility index (Phi) is 5.05. The van der Waals surface area contributed by atoms with Crippen molar-refractivity contribution in [3.05, 3.63) is 12.2 Å². The van der Waals surface area contributed by atoms with E-state index in [4.69, 9.17) is 14.6 Å². The van der Waals surface area contributed by atoms with E-state index in [0.29, 0.717) is 6.61 Å². The number of ether oxygens (including phenoxy) is 2. The molecular weight excluding hydrogens is 168 g/mol. The van der Waals surface area contributed by atoms with E-state index in [1.54, 1.807) is 0 Å². The molecule has 0 aliphatic carbocycles. The zero-order valence-electron chi connectivity index (χ0n) is 8.11. The fraction of sp³-hybridized carbons (Fsp3) is 0.800. The van der Waals surface area contributed by atoms with Gasteiger partial charge in [-0.2, -0.15) is 0 Å². The van der Waals surface area contributed by atoms with E-state index in [2.05, 4.69) is 6.08 Å². The van der Waals surface area contributed by atoms with Crippen molar-refractivity contribution in [3.8, 4) is 0 Å². The first-order valence-electron chi connectivity index (χ1n) is 4.86. The zero-order chi connectivity index (χ0) is 9.52. The van der Waals surface area contributed by atoms with Gasteiger partial charge < -0.3 is 14.6 Å². The predicted molar refractivity (Wildman–Crippen MR) is 50.4 cm³/mol. The Hall–Kier alpha value is -0.380. The van der Waals surface area contributed by atoms with Gasteiger partial charge in [-0.25, -0.2) is 0 Å². The number of hydrogen-bond acceptors (Lipinski definition) is 3. The average molecular weight is 186 g/mol. The second-order valence-corrected chi connectivity index (χ2v) is 3.20. The summed E-state index contributed by atoms with van der Waals surface area (Å²) >= 11 is 0. The fourth-order valence-corrected chi connectivity index (χ4v) is 1.32. The Morgan fingerprint density at radius 3 is 3.00 bits per heavy atom. The summed E-state index contributed by atoms with van der Waals surface area (Å²) in [7, 11) is 0. The van der Waals surface area contributed by atoms with Crippen molar-refractivity contribution < 1.29 is 14.6 Å². The first-order valence-corrected chi connectivity index (χ1v) is 4.86. The minimum absolute atomic E-state index is 0.0609. The molecule has 3 nitrogen and oxygen atoms in total. The summed E-state index contributed by atoms with van der Waals surface area (Å²) in [6.45, 7) is 2.61. The Morgan fingerprint density at radius 2 is 2.38 bits per heavy atom. The number of rotatable bonds is 5. The molecule has 0 bridgehead atoms. The van der Waals surface area contributed by atoms with Crippen molar-refractivity contribution in [1.29, 1.82) is 0 Å². The molecule has 1 heterocycles. The lowest BCUT2D eigenvalue weighted by Gasteiger charge is -2.08. The van der Waals surface area contributed by atoms with Crippen LogP contribution in [0.15, 0.2) is 12.2 Å². The Morgan fingerprint density at radius 1 is 1.54 bits per heavy atom. The van der Waals surface area contributed by atoms with E-state index < -0.39 is 0 Å². The highest BCUT2D eigenvalue weighted by Crippen LogP contribution is 2.16. The lowest BCUT2D eigenvalue weighted by Crippen LogP contribution is -2.16. The van der Waals surface area contributed by atoms with Gasteiger partial charge in [-0.05, 0) is 26.2 Å². The second-order valence-electron chi connectivity index (χ2n) is 3.20. The molecule has 1 saturated heterocycles. The molecule has 2 unspecified atom stereocenters. The largest absolute Gasteiger partial charge is 0.394 e. The van der Waals surface area contributed by atoms with E-state index in [9.17, 15) is 0 Å². The average Bonchev–Trinajstić information content (AvgIpc) is 2.60. The van der Waals surface area contributed by atoms with Crippen LogP contribution in [0.25, 0.3) is 0 Å². The monoisotopic (exact) mass is 186 g/mol. The van der Waals surface area contributed by atoms with Crippen LogP contribution in [0.4, 0.5) is 0 Å². The van der Waals surface area contributed by atoms with Crippen LogP contribution in [0.1, 0.15) is 26.2 Å². The number of aliphatic hydroxyl groups is 1. The molecule has 13 heavy (non-hydrogen) atoms. The highest BCUT2D eigenvalue weighted by molar-refractivity contribution is 4.76. The van der Waals surface area contributed by atoms with Gasteiger partial charge >= 0.3 is 0 Å². The van der Waals surface area contributed by atoms with Crippen LogP contribution in [0.5, 0.6) is 0 Å². The fourth-order valence-electron chi connectivity index (χ4n) is 1.32. The van der Waals surface area contributed by atoms with Crippen LogP contribution in [-0.2, 0) is 9.47 Å². The minimum atomic E-state index is -0.105. The van der Waals surface area contributed by atoms with Gasteiger partial charge in [0.2, 0.25) is 0 Å². The van der Waals surface area contributed by atoms with Crippen molar-refractivity contribution in [2.45, 2.75) is 38.6 Å². The van der Waals surface area contributed by atoms with Crippen LogP contribution in [-0.4, -0.2) is 30.7 Å². The van der Waals surface area contributed by atoms with Crippen LogP contribution in [0.3, 0.4) is 0 Å². The summed E-state index contributed by atoms with van der Waals surface area (Å²) < 4.78 is 10.7. The highest BCUT2D eigenvalue weighted by atomic mass is 16.7. The molecule has 76 valence electrons. The van der Waals surface area contributed by atoms with Crippen molar-refractivity contribution in [2.24, 2.45) is 0 Å². The maximum atomic E-state index is 8.78. The topological polar surface area (TPSA) is 38.7 Å². The number of hydrogen-bond donors (Lipinski definition) is 1. The van der Waals surface area contributed by atoms with Gasteiger partial charge in [-0.3, -0.25) is 0 Å². The quantitative estimate of drug-likeness (QED) is 0.522. The number of allylic oxidation sites excluding steroid dienone is 2. The normalized spacial score (nSPS) is 28.8. The molecule has 3 heteroatoms. The van der Waals surface area contributed by atoms with Crippen LogP contribution in [0.2, 0.25) is 0 Å². The molecule has 0 amide bonds. The highest BCUT2D eigenvalue weighted by Gasteiger charge is 2.24. The number of aliphatic hydroxyl groups excluding tert-OH is 1. The van der Waals surface area contributed by atoms with E-state index in [-0.39, 0.29) is 19.0 Å². The Bertz CT molecular complexity index is 156. The third kappa shape index (κ3) is 3.89. The van der Waals surface area contributed by atoms with E-state index in [0.717, 1.165) is 19.3 Å². The molecule has 1 aliphatic heterocycles. The summed E-state index contributed by atoms with van der Waals surface area (Å²) in [5, 5.41) is 8.78. The molecule has 0 saturated carbocycles. The van der Waals surface area contributed by atoms with Gasteiger partial charge in [0.15, 0.2) is 6.29 Å². The minimum Gasteiger partial charge on any atom is -0.394 e. The summed E-state index contributed by atoms with van der Waals surface area (Å²) in [4.78, 5) is 0. The Balaban J connectivity index is 2.03. The predicted octanol–water partition coefficient (Wildman–Crippen LogP) is 1.47. The molecule has 2 atom stereocenters. The first-order chi connectivity index (χ1) is 6.36. The van der Waals surface area contributed by atoms with Crippen molar-refractivity contribution >= 4 is 0 Å². The Labute approximate surface area is 79.3 Å². The molecule has 1 N–H and O–H groups in total. The molecule has 0 spiro atoms. The summed E-state index contributed by atoms with van der Waals surface area (Å²) in [6, 6.07) is 0. The molecule has 0 aromatic rings. The van der Waals surface area contributed by atoms with Crippen molar-refractivity contribution in [2.75, 3.05) is 13.2 Å². The third-order valence-electron chi connectivity index (χ3n) is 2.06. The van der Waals surface area contributed by atoms with Gasteiger partial charge in [0.1, 0.15) is 6.10 Å². The van der Waals surface area contributed by atoms with Crippen LogP contribution in [0, 0.1) is 0 Å². The first kappa shape index (κ1) is 10.7. The van der Waals surface area contributed by atoms with Gasteiger partial charge in [-0.1, -0.05) is 12.2 Å². The molecule has 1 aliphatic rings. The van der Waals surface area contributed by atoms with E-state index in [1.807, 2.05) is 13.0 Å². The molecule has 0 aromatic carbocycles. The molecular formula is C10H18O3. The standard InChI is InChI=1S/C10H18O3/c1-2-3-4-5-6-10-12-8-9(7-11)13-10/h2-3,9-11H,4-8H2,1H3/b3-2+. The SMILES string of the molecule is C/C=C/CCCC1OCC(CO)O1. The molecule has 0 aromatic heterocycles. The van der Waals surface area contributed by atoms with Crippen LogP contribution < -0.4 is 0 Å². The van der Waals surface area contributed by atoms with Gasteiger partial charge in [-0.15, -0.1) is 0 Å². The van der Waals surface area contributed by atoms with Crippen LogP contribution >= 0.6 is 0 Å². The van der Waals surface area contributed by atoms with Gasteiger partial charge in [0.05, 0.1) is 13.2 Å². The maximum absolute atomic E-state index is 8.78. The summed E-state index contributed by atoms with van der Waals surface area (Å²) in [5.74, 6) is 0. The zero-order valence-corrected chi connectivity index (χ0v) is 8.11. The van der Waals surface area contributed by atoms with E-state index in [1.165, 1.54) is 0 Å². The lowest BCUT2D eigenvalue weighted by molar-refractivity contribution is -0.0697. The smallest absolute Gasteiger partial charge is 0.158 e. The summed E-state index contributed by atoms with van der Waals surface area (Å²) in [6.07, 6.45) is 7.05. The van der Waals surface area contributed by atoms with E-state index >= 15 is 0 Å². The maximum Gasteiger partial charge on any atom is 0.158 e.